The van der Waals surface area contributed by atoms with Gasteiger partial charge in [-0.1, -0.05) is 90.7 Å². The van der Waals surface area contributed by atoms with Gasteiger partial charge in [0, 0.05) is 0 Å². The van der Waals surface area contributed by atoms with Crippen molar-refractivity contribution >= 4 is 11.9 Å². The molecule has 1 aromatic carbocycles. The molecule has 0 saturated carbocycles. The molecule has 0 bridgehead atoms. The van der Waals surface area contributed by atoms with Crippen molar-refractivity contribution in [3.63, 3.8) is 0 Å². The van der Waals surface area contributed by atoms with E-state index in [9.17, 15) is 9.59 Å². The third kappa shape index (κ3) is 11.7. The number of rotatable bonds is 16. The van der Waals surface area contributed by atoms with Gasteiger partial charge in [-0.05, 0) is 30.9 Å². The minimum atomic E-state index is -0.447. The second-order valence-corrected chi connectivity index (χ2v) is 8.18. The van der Waals surface area contributed by atoms with E-state index in [0.29, 0.717) is 30.3 Å². The molecule has 0 atom stereocenters. The monoisotopic (exact) mass is 404 g/mol. The van der Waals surface area contributed by atoms with E-state index < -0.39 is 11.9 Å². The van der Waals surface area contributed by atoms with Crippen molar-refractivity contribution in [2.45, 2.75) is 91.4 Å². The number of carbonyl (C=O) groups excluding carboxylic acids is 2. The van der Waals surface area contributed by atoms with Gasteiger partial charge in [0.25, 0.3) is 0 Å². The smallest absolute Gasteiger partial charge is 0.339 e. The summed E-state index contributed by atoms with van der Waals surface area (Å²) >= 11 is 0. The third-order valence-corrected chi connectivity index (χ3v) is 5.01. The first-order valence-electron chi connectivity index (χ1n) is 11.5. The van der Waals surface area contributed by atoms with Gasteiger partial charge < -0.3 is 9.47 Å². The molecule has 0 radical (unpaired) electrons. The van der Waals surface area contributed by atoms with Gasteiger partial charge in [-0.3, -0.25) is 0 Å². The summed E-state index contributed by atoms with van der Waals surface area (Å²) in [5.74, 6) is -0.186. The first-order valence-corrected chi connectivity index (χ1v) is 11.5. The number of hydrogen-bond donors (Lipinski definition) is 0. The maximum atomic E-state index is 12.4. The van der Waals surface area contributed by atoms with E-state index in [2.05, 4.69) is 20.8 Å². The molecule has 0 fully saturated rings. The highest BCUT2D eigenvalue weighted by molar-refractivity contribution is 6.03. The molecule has 0 heterocycles. The standard InChI is InChI=1S/C25H40O4/c1-4-5-6-7-8-9-14-19-28-24(26)22-17-12-13-18-23(22)25(27)29-20-15-10-11-16-21(2)3/h12-13,17-18,21H,4-11,14-16,19-20H2,1-3H3. The molecule has 0 unspecified atom stereocenters. The summed E-state index contributed by atoms with van der Waals surface area (Å²) in [6.45, 7) is 7.42. The normalized spacial score (nSPS) is 10.9. The summed E-state index contributed by atoms with van der Waals surface area (Å²) in [6.07, 6.45) is 12.4. The lowest BCUT2D eigenvalue weighted by Crippen LogP contribution is -2.15. The van der Waals surface area contributed by atoms with E-state index in [4.69, 9.17) is 9.47 Å². The van der Waals surface area contributed by atoms with Crippen molar-refractivity contribution in [3.05, 3.63) is 35.4 Å². The topological polar surface area (TPSA) is 52.6 Å². The highest BCUT2D eigenvalue weighted by atomic mass is 16.5. The minimum Gasteiger partial charge on any atom is -0.462 e. The average Bonchev–Trinajstić information content (AvgIpc) is 2.72. The van der Waals surface area contributed by atoms with Crippen molar-refractivity contribution in [2.24, 2.45) is 5.92 Å². The van der Waals surface area contributed by atoms with E-state index in [1.807, 2.05) is 0 Å². The Labute approximate surface area is 177 Å². The van der Waals surface area contributed by atoms with Crippen LogP contribution in [0.3, 0.4) is 0 Å². The molecule has 0 aliphatic carbocycles. The Bertz CT molecular complexity index is 580. The predicted octanol–water partition coefficient (Wildman–Crippen LogP) is 6.97. The maximum Gasteiger partial charge on any atom is 0.339 e. The van der Waals surface area contributed by atoms with E-state index >= 15 is 0 Å². The van der Waals surface area contributed by atoms with E-state index in [0.717, 1.165) is 32.1 Å². The molecule has 1 aromatic rings. The highest BCUT2D eigenvalue weighted by Crippen LogP contribution is 2.14. The van der Waals surface area contributed by atoms with Crippen molar-refractivity contribution in [1.29, 1.82) is 0 Å². The second-order valence-electron chi connectivity index (χ2n) is 8.18. The zero-order valence-electron chi connectivity index (χ0n) is 18.7. The summed E-state index contributed by atoms with van der Waals surface area (Å²) in [5, 5.41) is 0. The van der Waals surface area contributed by atoms with Crippen molar-refractivity contribution in [2.75, 3.05) is 13.2 Å². The summed E-state index contributed by atoms with van der Waals surface area (Å²) in [7, 11) is 0. The van der Waals surface area contributed by atoms with Crippen LogP contribution in [0, 0.1) is 5.92 Å². The number of esters is 2. The van der Waals surface area contributed by atoms with Gasteiger partial charge in [0.1, 0.15) is 0 Å². The fraction of sp³-hybridized carbons (Fsp3) is 0.680. The lowest BCUT2D eigenvalue weighted by atomic mass is 10.1. The van der Waals surface area contributed by atoms with Crippen LogP contribution < -0.4 is 0 Å². The first-order chi connectivity index (χ1) is 14.1. The van der Waals surface area contributed by atoms with Gasteiger partial charge in [0.15, 0.2) is 0 Å². The molecule has 0 amide bonds. The van der Waals surface area contributed by atoms with Gasteiger partial charge in [0.2, 0.25) is 0 Å². The molecule has 0 spiro atoms. The Kier molecular flexibility index (Phi) is 13.9. The van der Waals surface area contributed by atoms with Crippen LogP contribution in [0.1, 0.15) is 112 Å². The lowest BCUT2D eigenvalue weighted by Gasteiger charge is -2.10. The number of hydrogen-bond acceptors (Lipinski definition) is 4. The number of ether oxygens (including phenoxy) is 2. The molecule has 29 heavy (non-hydrogen) atoms. The average molecular weight is 405 g/mol. The fourth-order valence-corrected chi connectivity index (χ4v) is 3.21. The first kappa shape index (κ1) is 25.2. The van der Waals surface area contributed by atoms with Crippen LogP contribution in [0.5, 0.6) is 0 Å². The van der Waals surface area contributed by atoms with Crippen molar-refractivity contribution < 1.29 is 19.1 Å². The molecule has 4 nitrogen and oxygen atoms in total. The number of benzene rings is 1. The molecule has 0 aliphatic rings. The number of carbonyl (C=O) groups is 2. The predicted molar refractivity (Wildman–Crippen MR) is 118 cm³/mol. The molecule has 164 valence electrons. The van der Waals surface area contributed by atoms with Gasteiger partial charge in [0.05, 0.1) is 24.3 Å². The molecule has 0 aromatic heterocycles. The molecular formula is C25H40O4. The van der Waals surface area contributed by atoms with Crippen LogP contribution >= 0.6 is 0 Å². The van der Waals surface area contributed by atoms with Gasteiger partial charge in [-0.2, -0.15) is 0 Å². The molecular weight excluding hydrogens is 364 g/mol. The lowest BCUT2D eigenvalue weighted by molar-refractivity contribution is 0.0450. The summed E-state index contributed by atoms with van der Waals surface area (Å²) in [5.41, 5.74) is 0.583. The Morgan fingerprint density at radius 2 is 1.17 bits per heavy atom. The van der Waals surface area contributed by atoms with Crippen LogP contribution in [-0.4, -0.2) is 25.2 Å². The molecule has 4 heteroatoms. The minimum absolute atomic E-state index is 0.291. The van der Waals surface area contributed by atoms with E-state index in [1.165, 1.54) is 38.5 Å². The van der Waals surface area contributed by atoms with Crippen LogP contribution in [0.25, 0.3) is 0 Å². The number of unbranched alkanes of at least 4 members (excludes halogenated alkanes) is 8. The summed E-state index contributed by atoms with van der Waals surface area (Å²) in [4.78, 5) is 24.8. The van der Waals surface area contributed by atoms with Crippen molar-refractivity contribution in [3.8, 4) is 0 Å². The molecule has 0 saturated heterocycles. The Balaban J connectivity index is 2.33. The largest absolute Gasteiger partial charge is 0.462 e. The summed E-state index contributed by atoms with van der Waals surface area (Å²) in [6, 6.07) is 6.75. The van der Waals surface area contributed by atoms with Crippen LogP contribution in [-0.2, 0) is 9.47 Å². The highest BCUT2D eigenvalue weighted by Gasteiger charge is 2.18. The maximum absolute atomic E-state index is 12.4. The van der Waals surface area contributed by atoms with Crippen molar-refractivity contribution in [1.82, 2.24) is 0 Å². The molecule has 0 aliphatic heterocycles. The SMILES string of the molecule is CCCCCCCCCOC(=O)c1ccccc1C(=O)OCCCCCC(C)C. The third-order valence-electron chi connectivity index (χ3n) is 5.01. The van der Waals surface area contributed by atoms with E-state index in [-0.39, 0.29) is 0 Å². The Morgan fingerprint density at radius 3 is 1.66 bits per heavy atom. The second kappa shape index (κ2) is 16.0. The zero-order valence-corrected chi connectivity index (χ0v) is 18.7. The molecule has 1 rings (SSSR count). The van der Waals surface area contributed by atoms with Gasteiger partial charge in [-0.25, -0.2) is 9.59 Å². The quantitative estimate of drug-likeness (QED) is 0.220. The zero-order chi connectivity index (χ0) is 21.3. The van der Waals surface area contributed by atoms with Gasteiger partial charge in [-0.15, -0.1) is 0 Å². The van der Waals surface area contributed by atoms with Crippen LogP contribution in [0.2, 0.25) is 0 Å². The van der Waals surface area contributed by atoms with Gasteiger partial charge >= 0.3 is 11.9 Å². The van der Waals surface area contributed by atoms with Crippen LogP contribution in [0.4, 0.5) is 0 Å². The Morgan fingerprint density at radius 1 is 0.724 bits per heavy atom. The fourth-order valence-electron chi connectivity index (χ4n) is 3.21. The van der Waals surface area contributed by atoms with E-state index in [1.54, 1.807) is 24.3 Å². The molecule has 0 N–H and O–H groups in total. The van der Waals surface area contributed by atoms with Crippen LogP contribution in [0.15, 0.2) is 24.3 Å². The summed E-state index contributed by atoms with van der Waals surface area (Å²) < 4.78 is 10.7. The Hall–Kier alpha value is -1.84.